The summed E-state index contributed by atoms with van der Waals surface area (Å²) >= 11 is 0. The Balaban J connectivity index is 1.93. The van der Waals surface area contributed by atoms with Gasteiger partial charge in [-0.3, -0.25) is 14.2 Å². The van der Waals surface area contributed by atoms with Crippen LogP contribution in [0.15, 0.2) is 40.1 Å². The molecule has 9 nitrogen and oxygen atoms in total. The van der Waals surface area contributed by atoms with Crippen molar-refractivity contribution in [1.82, 2.24) is 29.8 Å². The van der Waals surface area contributed by atoms with Crippen LogP contribution in [0, 0.1) is 5.92 Å². The predicted octanol–water partition coefficient (Wildman–Crippen LogP) is 1.60. The zero-order valence-electron chi connectivity index (χ0n) is 17.6. The first-order chi connectivity index (χ1) is 14.3. The summed E-state index contributed by atoms with van der Waals surface area (Å²) in [6.07, 6.45) is 3.76. The zero-order valence-corrected chi connectivity index (χ0v) is 17.6. The molecule has 1 N–H and O–H groups in total. The van der Waals surface area contributed by atoms with Crippen LogP contribution in [0.3, 0.4) is 0 Å². The number of aromatic amines is 1. The number of hydrogen-bond donors (Lipinski definition) is 1. The van der Waals surface area contributed by atoms with E-state index in [0.29, 0.717) is 17.8 Å². The maximum absolute atomic E-state index is 12.5. The van der Waals surface area contributed by atoms with E-state index in [9.17, 15) is 14.4 Å². The number of nitrogens with zero attached hydrogens (tertiary/aromatic N) is 5. The summed E-state index contributed by atoms with van der Waals surface area (Å²) in [7, 11) is 3.08. The van der Waals surface area contributed by atoms with Crippen LogP contribution >= 0.6 is 0 Å². The van der Waals surface area contributed by atoms with Crippen molar-refractivity contribution >= 4 is 5.78 Å². The van der Waals surface area contributed by atoms with Crippen LogP contribution < -0.4 is 11.2 Å². The number of H-pyrrole nitrogens is 1. The maximum atomic E-state index is 12.5. The number of Topliss-reactive ketones (excluding diaryl/α,β-unsaturated/α-hetero) is 1. The van der Waals surface area contributed by atoms with E-state index in [0.717, 1.165) is 28.5 Å². The van der Waals surface area contributed by atoms with Crippen LogP contribution in [-0.4, -0.2) is 35.5 Å². The van der Waals surface area contributed by atoms with Crippen molar-refractivity contribution in [3.63, 3.8) is 0 Å². The number of rotatable bonds is 8. The Morgan fingerprint density at radius 1 is 1.17 bits per heavy atom. The van der Waals surface area contributed by atoms with E-state index in [1.165, 1.54) is 11.6 Å². The highest BCUT2D eigenvalue weighted by atomic mass is 16.2. The molecule has 2 aromatic heterocycles. The van der Waals surface area contributed by atoms with Gasteiger partial charge in [0.1, 0.15) is 5.78 Å². The Hall–Kier alpha value is -3.36. The Morgan fingerprint density at radius 3 is 2.43 bits per heavy atom. The molecule has 0 aliphatic carbocycles. The van der Waals surface area contributed by atoms with Gasteiger partial charge in [0, 0.05) is 32.1 Å². The molecule has 0 aliphatic heterocycles. The predicted molar refractivity (Wildman–Crippen MR) is 112 cm³/mol. The van der Waals surface area contributed by atoms with Crippen molar-refractivity contribution in [2.24, 2.45) is 20.0 Å². The second-order valence-corrected chi connectivity index (χ2v) is 7.58. The lowest BCUT2D eigenvalue weighted by molar-refractivity contribution is -0.121. The first-order valence-corrected chi connectivity index (χ1v) is 9.93. The average molecular weight is 410 g/mol. The highest BCUT2D eigenvalue weighted by Crippen LogP contribution is 2.30. The lowest BCUT2D eigenvalue weighted by Gasteiger charge is -2.22. The highest BCUT2D eigenvalue weighted by molar-refractivity contribution is 5.79. The van der Waals surface area contributed by atoms with Crippen LogP contribution in [0.2, 0.25) is 0 Å². The number of carbonyl (C=O) groups excluding carboxylic acids is 1. The Morgan fingerprint density at radius 2 is 1.87 bits per heavy atom. The smallest absolute Gasteiger partial charge is 0.303 e. The van der Waals surface area contributed by atoms with Crippen LogP contribution in [0.1, 0.15) is 44.0 Å². The Bertz CT molecular complexity index is 1130. The molecule has 0 radical (unpaired) electrons. The minimum atomic E-state index is -0.366. The summed E-state index contributed by atoms with van der Waals surface area (Å²) in [5.41, 5.74) is 1.47. The van der Waals surface area contributed by atoms with Crippen LogP contribution in [0.25, 0.3) is 11.1 Å². The number of benzene rings is 1. The topological polar surface area (TPSA) is 116 Å². The van der Waals surface area contributed by atoms with E-state index in [1.807, 2.05) is 31.2 Å². The van der Waals surface area contributed by atoms with Gasteiger partial charge in [0.25, 0.3) is 5.56 Å². The first kappa shape index (κ1) is 21.4. The maximum Gasteiger partial charge on any atom is 0.330 e. The minimum absolute atomic E-state index is 0.108. The number of aromatic nitrogens is 6. The molecule has 9 heteroatoms. The molecule has 0 unspecified atom stereocenters. The quantitative estimate of drug-likeness (QED) is 0.603. The van der Waals surface area contributed by atoms with Gasteiger partial charge in [-0.2, -0.15) is 5.21 Å². The van der Waals surface area contributed by atoms with Gasteiger partial charge in [0.05, 0.1) is 5.56 Å². The number of tetrazole rings is 1. The first-order valence-electron chi connectivity index (χ1n) is 9.93. The molecule has 1 aromatic carbocycles. The Labute approximate surface area is 173 Å². The van der Waals surface area contributed by atoms with Crippen molar-refractivity contribution in [2.75, 3.05) is 0 Å². The van der Waals surface area contributed by atoms with Crippen molar-refractivity contribution in [2.45, 2.75) is 39.0 Å². The number of nitrogens with one attached hydrogen (secondary N) is 1. The van der Waals surface area contributed by atoms with Gasteiger partial charge in [0.2, 0.25) is 0 Å². The van der Waals surface area contributed by atoms with Crippen LogP contribution in [0.5, 0.6) is 0 Å². The summed E-state index contributed by atoms with van der Waals surface area (Å²) < 4.78 is 2.48. The SMILES string of the molecule is CCC[C@H](C(C)=O)[C@H](Cc1ccc(-c2cn(C)c(=O)n(C)c2=O)cc1)c1nn[nH]n1. The number of carbonyl (C=O) groups is 1. The minimum Gasteiger partial charge on any atom is -0.303 e. The summed E-state index contributed by atoms with van der Waals surface area (Å²) in [6, 6.07) is 7.56. The fourth-order valence-corrected chi connectivity index (χ4v) is 3.82. The van der Waals surface area contributed by atoms with E-state index in [4.69, 9.17) is 0 Å². The van der Waals surface area contributed by atoms with E-state index in [2.05, 4.69) is 20.6 Å². The number of ketones is 1. The molecule has 30 heavy (non-hydrogen) atoms. The molecule has 0 spiro atoms. The summed E-state index contributed by atoms with van der Waals surface area (Å²) in [5, 5.41) is 14.4. The Kier molecular flexibility index (Phi) is 6.39. The number of hydrogen-bond acceptors (Lipinski definition) is 6. The van der Waals surface area contributed by atoms with Gasteiger partial charge in [-0.25, -0.2) is 4.79 Å². The molecule has 0 saturated carbocycles. The van der Waals surface area contributed by atoms with Gasteiger partial charge < -0.3 is 4.57 Å². The van der Waals surface area contributed by atoms with Crippen molar-refractivity contribution in [3.05, 3.63) is 62.7 Å². The second-order valence-electron chi connectivity index (χ2n) is 7.58. The lowest BCUT2D eigenvalue weighted by atomic mass is 9.81. The van der Waals surface area contributed by atoms with Gasteiger partial charge >= 0.3 is 5.69 Å². The molecule has 2 heterocycles. The molecule has 0 fully saturated rings. The zero-order chi connectivity index (χ0) is 21.8. The van der Waals surface area contributed by atoms with Gasteiger partial charge in [-0.05, 0) is 30.9 Å². The molecule has 3 aromatic rings. The average Bonchev–Trinajstić information content (AvgIpc) is 3.26. The molecule has 0 bridgehead atoms. The van der Waals surface area contributed by atoms with Gasteiger partial charge in [-0.1, -0.05) is 42.8 Å². The lowest BCUT2D eigenvalue weighted by Crippen LogP contribution is -2.37. The highest BCUT2D eigenvalue weighted by Gasteiger charge is 2.29. The third-order valence-electron chi connectivity index (χ3n) is 5.47. The fourth-order valence-electron chi connectivity index (χ4n) is 3.82. The molecule has 3 rings (SSSR count). The van der Waals surface area contributed by atoms with E-state index in [1.54, 1.807) is 20.2 Å². The molecule has 158 valence electrons. The third-order valence-corrected chi connectivity index (χ3v) is 5.47. The summed E-state index contributed by atoms with van der Waals surface area (Å²) in [4.78, 5) is 36.7. The van der Waals surface area contributed by atoms with Crippen molar-refractivity contribution < 1.29 is 4.79 Å². The van der Waals surface area contributed by atoms with Crippen molar-refractivity contribution in [3.8, 4) is 11.1 Å². The molecule has 0 amide bonds. The van der Waals surface area contributed by atoms with Gasteiger partial charge in [-0.15, -0.1) is 10.2 Å². The summed E-state index contributed by atoms with van der Waals surface area (Å²) in [5.74, 6) is 0.261. The van der Waals surface area contributed by atoms with E-state index in [-0.39, 0.29) is 28.9 Å². The molecule has 2 atom stereocenters. The monoisotopic (exact) mass is 410 g/mol. The number of aryl methyl sites for hydroxylation is 1. The van der Waals surface area contributed by atoms with E-state index < -0.39 is 0 Å². The van der Waals surface area contributed by atoms with Crippen LogP contribution in [-0.2, 0) is 25.3 Å². The molecular weight excluding hydrogens is 384 g/mol. The second kappa shape index (κ2) is 8.98. The normalized spacial score (nSPS) is 13.2. The standard InChI is InChI=1S/C21H26N6O3/c1-5-6-16(13(2)28)17(19-22-24-25-23-19)11-14-7-9-15(10-8-14)18-12-26(3)21(30)27(4)20(18)29/h7-10,12,16-17H,5-6,11H2,1-4H3,(H,22,23,24,25)/t16-,17+/m1/s1. The largest absolute Gasteiger partial charge is 0.330 e. The fraction of sp³-hybridized carbons (Fsp3) is 0.429. The molecule has 0 aliphatic rings. The van der Waals surface area contributed by atoms with E-state index >= 15 is 0 Å². The van der Waals surface area contributed by atoms with Crippen molar-refractivity contribution in [1.29, 1.82) is 0 Å². The summed E-state index contributed by atoms with van der Waals surface area (Å²) in [6.45, 7) is 3.65. The van der Waals surface area contributed by atoms with Crippen LogP contribution in [0.4, 0.5) is 0 Å². The third kappa shape index (κ3) is 4.29. The molecule has 0 saturated heterocycles. The molecular formula is C21H26N6O3. The van der Waals surface area contributed by atoms with Gasteiger partial charge in [0.15, 0.2) is 5.82 Å².